The summed E-state index contributed by atoms with van der Waals surface area (Å²) < 4.78 is 0. The van der Waals surface area contributed by atoms with E-state index in [0.29, 0.717) is 0 Å². The van der Waals surface area contributed by atoms with E-state index in [-0.39, 0.29) is 0 Å². The van der Waals surface area contributed by atoms with Crippen molar-refractivity contribution in [2.75, 3.05) is 12.3 Å². The van der Waals surface area contributed by atoms with Crippen molar-refractivity contribution < 1.29 is 0 Å². The molecule has 1 aromatic rings. The average Bonchev–Trinajstić information content (AvgIpc) is 2.36. The molecule has 86 valence electrons. The average molecular weight is 216 g/mol. The summed E-state index contributed by atoms with van der Waals surface area (Å²) in [6.45, 7) is 4.93. The van der Waals surface area contributed by atoms with Crippen molar-refractivity contribution in [1.82, 2.24) is 0 Å². The maximum absolute atomic E-state index is 5.62. The van der Waals surface area contributed by atoms with Crippen LogP contribution in [-0.2, 0) is 6.42 Å². The maximum atomic E-state index is 5.62. The van der Waals surface area contributed by atoms with Crippen molar-refractivity contribution in [1.29, 1.82) is 0 Å². The number of hydrogen-bond donors (Lipinski definition) is 1. The quantitative estimate of drug-likeness (QED) is 0.757. The highest BCUT2D eigenvalue weighted by Crippen LogP contribution is 2.14. The molecule has 0 bridgehead atoms. The third-order valence-corrected chi connectivity index (χ3v) is 2.39. The van der Waals surface area contributed by atoms with Crippen molar-refractivity contribution in [2.45, 2.75) is 26.7 Å². The highest BCUT2D eigenvalue weighted by Gasteiger charge is 2.01. The van der Waals surface area contributed by atoms with Gasteiger partial charge in [0, 0.05) is 18.4 Å². The predicted molar refractivity (Wildman–Crippen MR) is 72.0 cm³/mol. The van der Waals surface area contributed by atoms with Crippen molar-refractivity contribution in [2.24, 2.45) is 4.99 Å². The second-order valence-electron chi connectivity index (χ2n) is 3.55. The van der Waals surface area contributed by atoms with Crippen LogP contribution in [0.4, 0.5) is 5.69 Å². The first-order valence-electron chi connectivity index (χ1n) is 5.87. The molecule has 0 aromatic heterocycles. The van der Waals surface area contributed by atoms with E-state index in [2.05, 4.69) is 23.2 Å². The van der Waals surface area contributed by atoms with E-state index in [9.17, 15) is 0 Å². The second-order valence-corrected chi connectivity index (χ2v) is 3.55. The largest absolute Gasteiger partial charge is 0.399 e. The fourth-order valence-electron chi connectivity index (χ4n) is 1.57. The summed E-state index contributed by atoms with van der Waals surface area (Å²) in [5.41, 5.74) is 9.22. The van der Waals surface area contributed by atoms with Crippen LogP contribution in [0.25, 0.3) is 0 Å². The summed E-state index contributed by atoms with van der Waals surface area (Å²) in [4.78, 5) is 4.16. The van der Waals surface area contributed by atoms with Gasteiger partial charge in [-0.25, -0.2) is 0 Å². The van der Waals surface area contributed by atoms with Crippen LogP contribution in [-0.4, -0.2) is 12.8 Å². The van der Waals surface area contributed by atoms with Gasteiger partial charge in [0.2, 0.25) is 0 Å². The Bertz CT molecular complexity index is 361. The van der Waals surface area contributed by atoms with E-state index < -0.39 is 0 Å². The lowest BCUT2D eigenvalue weighted by Crippen LogP contribution is -1.98. The van der Waals surface area contributed by atoms with Crippen LogP contribution in [0.3, 0.4) is 0 Å². The molecule has 1 aromatic carbocycles. The number of aliphatic imine (C=N–C) groups is 1. The van der Waals surface area contributed by atoms with Crippen LogP contribution in [0.5, 0.6) is 0 Å². The highest BCUT2D eigenvalue weighted by atomic mass is 14.7. The number of nitrogens with two attached hydrogens (primary N) is 1. The minimum absolute atomic E-state index is 0.827. The molecular weight excluding hydrogens is 196 g/mol. The van der Waals surface area contributed by atoms with E-state index in [1.807, 2.05) is 32.2 Å². The zero-order chi connectivity index (χ0) is 11.8. The summed E-state index contributed by atoms with van der Waals surface area (Å²) in [7, 11) is 0. The van der Waals surface area contributed by atoms with Gasteiger partial charge in [0.25, 0.3) is 0 Å². The first-order valence-corrected chi connectivity index (χ1v) is 5.87. The monoisotopic (exact) mass is 216 g/mol. The van der Waals surface area contributed by atoms with Crippen LogP contribution in [0.15, 0.2) is 40.9 Å². The van der Waals surface area contributed by atoms with Gasteiger partial charge in [-0.1, -0.05) is 31.6 Å². The molecule has 2 rings (SSSR count). The molecule has 1 aliphatic rings. The van der Waals surface area contributed by atoms with E-state index >= 15 is 0 Å². The number of benzene rings is 1. The van der Waals surface area contributed by atoms with Gasteiger partial charge in [0.1, 0.15) is 0 Å². The molecule has 2 nitrogen and oxygen atoms in total. The van der Waals surface area contributed by atoms with Gasteiger partial charge < -0.3 is 5.73 Å². The van der Waals surface area contributed by atoms with Gasteiger partial charge in [-0.15, -0.1) is 0 Å². The molecule has 2 N–H and O–H groups in total. The summed E-state index contributed by atoms with van der Waals surface area (Å²) in [5.74, 6) is 0. The topological polar surface area (TPSA) is 38.4 Å². The van der Waals surface area contributed by atoms with Crippen molar-refractivity contribution in [3.05, 3.63) is 41.5 Å². The van der Waals surface area contributed by atoms with Crippen LogP contribution >= 0.6 is 0 Å². The number of dihydropyridines is 1. The zero-order valence-electron chi connectivity index (χ0n) is 10.1. The molecule has 0 unspecified atom stereocenters. The Morgan fingerprint density at radius 2 is 1.88 bits per heavy atom. The summed E-state index contributed by atoms with van der Waals surface area (Å²) in [6.07, 6.45) is 6.11. The third-order valence-electron chi connectivity index (χ3n) is 2.39. The van der Waals surface area contributed by atoms with Gasteiger partial charge in [-0.2, -0.15) is 0 Å². The molecular formula is C14H20N2. The number of hydrogen-bond acceptors (Lipinski definition) is 2. The molecule has 0 aliphatic carbocycles. The molecule has 0 amide bonds. The Labute approximate surface area is 97.9 Å². The van der Waals surface area contributed by atoms with Crippen LogP contribution in [0, 0.1) is 0 Å². The molecule has 0 saturated carbocycles. The second kappa shape index (κ2) is 6.83. The SMILES string of the molecule is CC.Nc1ccc(CC2=CC=NCC2)cc1. The molecule has 0 atom stereocenters. The van der Waals surface area contributed by atoms with Gasteiger partial charge in [0.05, 0.1) is 0 Å². The summed E-state index contributed by atoms with van der Waals surface area (Å²) >= 11 is 0. The van der Waals surface area contributed by atoms with E-state index in [1.165, 1.54) is 11.1 Å². The number of rotatable bonds is 2. The van der Waals surface area contributed by atoms with Gasteiger partial charge in [-0.05, 0) is 36.6 Å². The fourth-order valence-corrected chi connectivity index (χ4v) is 1.57. The lowest BCUT2D eigenvalue weighted by Gasteiger charge is -2.08. The van der Waals surface area contributed by atoms with E-state index in [4.69, 9.17) is 5.73 Å². The predicted octanol–water partition coefficient (Wildman–Crippen LogP) is 3.24. The Balaban J connectivity index is 0.000000606. The first-order chi connectivity index (χ1) is 7.84. The van der Waals surface area contributed by atoms with Crippen molar-refractivity contribution in [3.63, 3.8) is 0 Å². The molecule has 0 spiro atoms. The minimum atomic E-state index is 0.827. The number of nitrogens with zero attached hydrogens (tertiary/aromatic N) is 1. The Morgan fingerprint density at radius 1 is 1.19 bits per heavy atom. The first kappa shape index (κ1) is 12.5. The number of nitrogen functional groups attached to an aromatic ring is 1. The smallest absolute Gasteiger partial charge is 0.0426 e. The Kier molecular flexibility index (Phi) is 5.34. The fraction of sp³-hybridized carbons (Fsp3) is 0.357. The van der Waals surface area contributed by atoms with Crippen molar-refractivity contribution in [3.8, 4) is 0 Å². The number of anilines is 1. The summed E-state index contributed by atoms with van der Waals surface area (Å²) in [5, 5.41) is 0. The lowest BCUT2D eigenvalue weighted by atomic mass is 10.0. The lowest BCUT2D eigenvalue weighted by molar-refractivity contribution is 0.901. The zero-order valence-corrected chi connectivity index (χ0v) is 10.1. The van der Waals surface area contributed by atoms with Crippen LogP contribution in [0.2, 0.25) is 0 Å². The highest BCUT2D eigenvalue weighted by molar-refractivity contribution is 5.73. The Morgan fingerprint density at radius 3 is 2.44 bits per heavy atom. The van der Waals surface area contributed by atoms with Crippen LogP contribution in [0.1, 0.15) is 25.8 Å². The maximum Gasteiger partial charge on any atom is 0.0426 e. The molecule has 1 aliphatic heterocycles. The van der Waals surface area contributed by atoms with Gasteiger partial charge in [0.15, 0.2) is 0 Å². The molecule has 1 heterocycles. The minimum Gasteiger partial charge on any atom is -0.399 e. The molecule has 0 radical (unpaired) electrons. The molecule has 0 saturated heterocycles. The van der Waals surface area contributed by atoms with Gasteiger partial charge >= 0.3 is 0 Å². The standard InChI is InChI=1S/C12H14N2.C2H6/c13-12-3-1-10(2-4-12)9-11-5-7-14-8-6-11;1-2/h1-5,7H,6,8-9,13H2;1-2H3. The molecule has 16 heavy (non-hydrogen) atoms. The van der Waals surface area contributed by atoms with Gasteiger partial charge in [-0.3, -0.25) is 4.99 Å². The van der Waals surface area contributed by atoms with E-state index in [1.54, 1.807) is 0 Å². The van der Waals surface area contributed by atoms with Crippen LogP contribution < -0.4 is 5.73 Å². The normalized spacial score (nSPS) is 13.8. The summed E-state index contributed by atoms with van der Waals surface area (Å²) in [6, 6.07) is 8.07. The van der Waals surface area contributed by atoms with Crippen molar-refractivity contribution >= 4 is 11.9 Å². The van der Waals surface area contributed by atoms with E-state index in [0.717, 1.165) is 25.1 Å². The number of allylic oxidation sites excluding steroid dienone is 1. The Hall–Kier alpha value is -1.57. The molecule has 0 fully saturated rings. The third kappa shape index (κ3) is 3.89. The molecule has 2 heteroatoms.